The lowest BCUT2D eigenvalue weighted by atomic mass is 10.2. The molecule has 0 bridgehead atoms. The fourth-order valence-electron chi connectivity index (χ4n) is 1.46. The highest BCUT2D eigenvalue weighted by Gasteiger charge is 2.10. The molecule has 1 N–H and O–H groups in total. The van der Waals surface area contributed by atoms with Crippen molar-refractivity contribution >= 4 is 11.6 Å². The summed E-state index contributed by atoms with van der Waals surface area (Å²) >= 11 is 5.90. The molecule has 90 valence electrons. The molecule has 0 aliphatic rings. The van der Waals surface area contributed by atoms with E-state index in [1.54, 1.807) is 12.1 Å². The number of rotatable bonds is 4. The number of halogens is 1. The normalized spacial score (nSPS) is 12.6. The van der Waals surface area contributed by atoms with Crippen molar-refractivity contribution < 1.29 is 5.11 Å². The van der Waals surface area contributed by atoms with Gasteiger partial charge < -0.3 is 5.11 Å². The van der Waals surface area contributed by atoms with Crippen molar-refractivity contribution in [2.75, 3.05) is 6.61 Å². The van der Waals surface area contributed by atoms with Gasteiger partial charge in [0.25, 0.3) is 0 Å². The van der Waals surface area contributed by atoms with Crippen LogP contribution in [0, 0.1) is 0 Å². The first-order valence-corrected chi connectivity index (χ1v) is 5.75. The Bertz CT molecular complexity index is 500. The van der Waals surface area contributed by atoms with Crippen LogP contribution < -0.4 is 0 Å². The van der Waals surface area contributed by atoms with Crippen molar-refractivity contribution in [1.82, 2.24) is 20.2 Å². The zero-order valence-corrected chi connectivity index (χ0v) is 10.2. The van der Waals surface area contributed by atoms with Gasteiger partial charge >= 0.3 is 0 Å². The second-order valence-corrected chi connectivity index (χ2v) is 4.24. The monoisotopic (exact) mass is 252 g/mol. The predicted octanol–water partition coefficient (Wildman–Crippen LogP) is 1.94. The standard InChI is InChI=1S/C11H13ClN4O/c1-8(5-6-17)16-14-11(13-15-16)9-3-2-4-10(12)7-9/h2-4,7-8,17H,5-6H2,1H3. The lowest BCUT2D eigenvalue weighted by molar-refractivity contribution is 0.249. The van der Waals surface area contributed by atoms with Crippen LogP contribution in [0.5, 0.6) is 0 Å². The van der Waals surface area contributed by atoms with Crippen LogP contribution in [0.2, 0.25) is 5.02 Å². The van der Waals surface area contributed by atoms with Crippen LogP contribution in [0.4, 0.5) is 0 Å². The molecule has 0 spiro atoms. The molecule has 1 heterocycles. The smallest absolute Gasteiger partial charge is 0.204 e. The Morgan fingerprint density at radius 1 is 1.47 bits per heavy atom. The summed E-state index contributed by atoms with van der Waals surface area (Å²) in [6, 6.07) is 7.34. The predicted molar refractivity (Wildman–Crippen MR) is 64.7 cm³/mol. The molecule has 5 nitrogen and oxygen atoms in total. The zero-order valence-electron chi connectivity index (χ0n) is 9.41. The summed E-state index contributed by atoms with van der Waals surface area (Å²) in [5.74, 6) is 0.539. The van der Waals surface area contributed by atoms with Crippen molar-refractivity contribution in [3.63, 3.8) is 0 Å². The molecule has 0 fully saturated rings. The number of tetrazole rings is 1. The summed E-state index contributed by atoms with van der Waals surface area (Å²) in [5.41, 5.74) is 0.833. The molecule has 0 saturated heterocycles. The van der Waals surface area contributed by atoms with Gasteiger partial charge in [0, 0.05) is 17.2 Å². The first-order chi connectivity index (χ1) is 8.20. The van der Waals surface area contributed by atoms with Crippen LogP contribution in [0.25, 0.3) is 11.4 Å². The average molecular weight is 253 g/mol. The van der Waals surface area contributed by atoms with Crippen LogP contribution in [0.3, 0.4) is 0 Å². The van der Waals surface area contributed by atoms with E-state index in [1.165, 1.54) is 4.80 Å². The fourth-order valence-corrected chi connectivity index (χ4v) is 1.65. The van der Waals surface area contributed by atoms with Crippen molar-refractivity contribution in [1.29, 1.82) is 0 Å². The highest BCUT2D eigenvalue weighted by atomic mass is 35.5. The Kier molecular flexibility index (Phi) is 3.71. The summed E-state index contributed by atoms with van der Waals surface area (Å²) in [6.07, 6.45) is 0.603. The number of hydrogen-bond donors (Lipinski definition) is 1. The average Bonchev–Trinajstić information content (AvgIpc) is 2.78. The second kappa shape index (κ2) is 5.25. The quantitative estimate of drug-likeness (QED) is 0.903. The molecule has 1 atom stereocenters. The second-order valence-electron chi connectivity index (χ2n) is 3.81. The number of aliphatic hydroxyl groups is 1. The third kappa shape index (κ3) is 2.81. The number of aliphatic hydroxyl groups excluding tert-OH is 1. The van der Waals surface area contributed by atoms with Crippen molar-refractivity contribution in [2.24, 2.45) is 0 Å². The molecule has 0 radical (unpaired) electrons. The van der Waals surface area contributed by atoms with Crippen LogP contribution in [-0.4, -0.2) is 31.9 Å². The molecule has 0 aliphatic carbocycles. The van der Waals surface area contributed by atoms with Crippen molar-refractivity contribution in [3.8, 4) is 11.4 Å². The number of benzene rings is 1. The Morgan fingerprint density at radius 3 is 3.00 bits per heavy atom. The third-order valence-electron chi connectivity index (χ3n) is 2.45. The third-order valence-corrected chi connectivity index (χ3v) is 2.69. The lowest BCUT2D eigenvalue weighted by Crippen LogP contribution is -2.10. The Labute approximate surface area is 104 Å². The van der Waals surface area contributed by atoms with E-state index in [4.69, 9.17) is 16.7 Å². The summed E-state index contributed by atoms with van der Waals surface area (Å²) in [6.45, 7) is 2.04. The van der Waals surface area contributed by atoms with E-state index in [2.05, 4.69) is 15.4 Å². The highest BCUT2D eigenvalue weighted by molar-refractivity contribution is 6.30. The van der Waals surface area contributed by atoms with Gasteiger partial charge in [-0.15, -0.1) is 10.2 Å². The Balaban J connectivity index is 2.23. The van der Waals surface area contributed by atoms with Gasteiger partial charge in [0.05, 0.1) is 6.04 Å². The van der Waals surface area contributed by atoms with Gasteiger partial charge in [0.1, 0.15) is 0 Å². The van der Waals surface area contributed by atoms with Gasteiger partial charge in [-0.25, -0.2) is 0 Å². The SMILES string of the molecule is CC(CCO)n1nnc(-c2cccc(Cl)c2)n1. The summed E-state index contributed by atoms with van der Waals surface area (Å²) in [7, 11) is 0. The summed E-state index contributed by atoms with van der Waals surface area (Å²) in [4.78, 5) is 1.51. The molecule has 1 unspecified atom stereocenters. The molecule has 2 rings (SSSR count). The fraction of sp³-hybridized carbons (Fsp3) is 0.364. The van der Waals surface area contributed by atoms with Gasteiger partial charge in [0.15, 0.2) is 0 Å². The van der Waals surface area contributed by atoms with E-state index in [0.29, 0.717) is 17.3 Å². The van der Waals surface area contributed by atoms with Crippen molar-refractivity contribution in [2.45, 2.75) is 19.4 Å². The van der Waals surface area contributed by atoms with Crippen LogP contribution in [0.15, 0.2) is 24.3 Å². The minimum absolute atomic E-state index is 0.0282. The van der Waals surface area contributed by atoms with Gasteiger partial charge in [-0.3, -0.25) is 0 Å². The number of nitrogens with zero attached hydrogens (tertiary/aromatic N) is 4. The van der Waals surface area contributed by atoms with Crippen LogP contribution in [0.1, 0.15) is 19.4 Å². The van der Waals surface area contributed by atoms with E-state index in [1.807, 2.05) is 19.1 Å². The van der Waals surface area contributed by atoms with Gasteiger partial charge in [-0.1, -0.05) is 23.7 Å². The van der Waals surface area contributed by atoms with E-state index < -0.39 is 0 Å². The van der Waals surface area contributed by atoms with Crippen LogP contribution >= 0.6 is 11.6 Å². The highest BCUT2D eigenvalue weighted by Crippen LogP contribution is 2.19. The molecular formula is C11H13ClN4O. The largest absolute Gasteiger partial charge is 0.396 e. The van der Waals surface area contributed by atoms with E-state index in [-0.39, 0.29) is 12.6 Å². The van der Waals surface area contributed by atoms with Crippen molar-refractivity contribution in [3.05, 3.63) is 29.3 Å². The molecule has 6 heteroatoms. The van der Waals surface area contributed by atoms with Gasteiger partial charge in [-0.05, 0) is 30.7 Å². The lowest BCUT2D eigenvalue weighted by Gasteiger charge is -2.06. The maximum Gasteiger partial charge on any atom is 0.204 e. The molecule has 0 amide bonds. The van der Waals surface area contributed by atoms with E-state index in [0.717, 1.165) is 5.56 Å². The number of hydrogen-bond acceptors (Lipinski definition) is 4. The Hall–Kier alpha value is -1.46. The van der Waals surface area contributed by atoms with E-state index >= 15 is 0 Å². The van der Waals surface area contributed by atoms with E-state index in [9.17, 15) is 0 Å². The molecule has 0 saturated carbocycles. The minimum atomic E-state index is 0.0282. The first kappa shape index (κ1) is 12.0. The van der Waals surface area contributed by atoms with Crippen LogP contribution in [-0.2, 0) is 0 Å². The topological polar surface area (TPSA) is 63.8 Å². The van der Waals surface area contributed by atoms with Gasteiger partial charge in [-0.2, -0.15) is 4.80 Å². The first-order valence-electron chi connectivity index (χ1n) is 5.37. The molecule has 0 aliphatic heterocycles. The molecular weight excluding hydrogens is 240 g/mol. The van der Waals surface area contributed by atoms with Gasteiger partial charge in [0.2, 0.25) is 5.82 Å². The molecule has 1 aromatic heterocycles. The summed E-state index contributed by atoms with van der Waals surface area (Å²) in [5, 5.41) is 21.7. The maximum atomic E-state index is 8.85. The Morgan fingerprint density at radius 2 is 2.29 bits per heavy atom. The minimum Gasteiger partial charge on any atom is -0.396 e. The number of aromatic nitrogens is 4. The zero-order chi connectivity index (χ0) is 12.3. The molecule has 2 aromatic rings. The maximum absolute atomic E-state index is 8.85. The summed E-state index contributed by atoms with van der Waals surface area (Å²) < 4.78 is 0. The molecule has 17 heavy (non-hydrogen) atoms. The molecule has 1 aromatic carbocycles.